The lowest BCUT2D eigenvalue weighted by Gasteiger charge is -2.11. The number of hydrogen-bond acceptors (Lipinski definition) is 1. The Balaban J connectivity index is 1.11. The van der Waals surface area contributed by atoms with Crippen LogP contribution in [-0.2, 0) is 0 Å². The molecule has 11 rings (SSSR count). The van der Waals surface area contributed by atoms with Crippen molar-refractivity contribution in [3.63, 3.8) is 0 Å². The second kappa shape index (κ2) is 11.5. The summed E-state index contributed by atoms with van der Waals surface area (Å²) >= 11 is 0. The van der Waals surface area contributed by atoms with Gasteiger partial charge in [-0.3, -0.25) is 0 Å². The van der Waals surface area contributed by atoms with E-state index in [0.29, 0.717) is 0 Å². The summed E-state index contributed by atoms with van der Waals surface area (Å²) in [6.45, 7) is 0. The average molecular weight is 680 g/mol. The minimum absolute atomic E-state index is 0.850. The molecule has 0 saturated heterocycles. The predicted octanol–water partition coefficient (Wildman–Crippen LogP) is 12.7. The number of para-hydroxylation sites is 4. The average Bonchev–Trinajstić information content (AvgIpc) is 3.86. The Bertz CT molecular complexity index is 3200. The van der Waals surface area contributed by atoms with Gasteiger partial charge in [-0.2, -0.15) is 0 Å². The van der Waals surface area contributed by atoms with Crippen LogP contribution in [0.5, 0.6) is 5.75 Å². The molecule has 4 nitrogen and oxygen atoms in total. The van der Waals surface area contributed by atoms with Crippen LogP contribution in [0.15, 0.2) is 182 Å². The van der Waals surface area contributed by atoms with Gasteiger partial charge in [-0.15, -0.1) is 0 Å². The molecule has 0 spiro atoms. The fourth-order valence-electron chi connectivity index (χ4n) is 8.55. The van der Waals surface area contributed by atoms with Crippen LogP contribution in [0.2, 0.25) is 0 Å². The molecular formula is C49H33N3O. The molecule has 0 amide bonds. The molecule has 0 atom stereocenters. The molecule has 8 aromatic carbocycles. The summed E-state index contributed by atoms with van der Waals surface area (Å²) in [7, 11) is 1.71. The molecule has 0 fully saturated rings. The molecule has 11 aromatic rings. The van der Waals surface area contributed by atoms with Crippen LogP contribution in [0.25, 0.3) is 93.6 Å². The van der Waals surface area contributed by atoms with Gasteiger partial charge in [0.2, 0.25) is 0 Å². The second-order valence-corrected chi connectivity index (χ2v) is 13.8. The Morgan fingerprint density at radius 1 is 0.302 bits per heavy atom. The molecule has 0 aliphatic rings. The smallest absolute Gasteiger partial charge is 0.119 e. The fraction of sp³-hybridized carbons (Fsp3) is 0.0204. The van der Waals surface area contributed by atoms with E-state index in [1.165, 1.54) is 76.5 Å². The van der Waals surface area contributed by atoms with Gasteiger partial charge in [0.05, 0.1) is 40.2 Å². The number of fused-ring (bicyclic) bond motifs is 9. The molecule has 0 radical (unpaired) electrons. The molecule has 0 aliphatic carbocycles. The highest BCUT2D eigenvalue weighted by atomic mass is 16.5. The Hall–Kier alpha value is -7.04. The summed E-state index contributed by atoms with van der Waals surface area (Å²) in [4.78, 5) is 0. The van der Waals surface area contributed by atoms with Crippen LogP contribution in [-0.4, -0.2) is 20.8 Å². The van der Waals surface area contributed by atoms with Crippen LogP contribution in [0, 0.1) is 0 Å². The van der Waals surface area contributed by atoms with Gasteiger partial charge in [-0.05, 0) is 102 Å². The summed E-state index contributed by atoms with van der Waals surface area (Å²) in [5, 5.41) is 7.44. The van der Waals surface area contributed by atoms with Gasteiger partial charge < -0.3 is 18.4 Å². The van der Waals surface area contributed by atoms with Gasteiger partial charge in [0, 0.05) is 49.4 Å². The largest absolute Gasteiger partial charge is 0.497 e. The van der Waals surface area contributed by atoms with Crippen LogP contribution in [0.4, 0.5) is 0 Å². The quantitative estimate of drug-likeness (QED) is 0.178. The van der Waals surface area contributed by atoms with Crippen molar-refractivity contribution in [3.05, 3.63) is 182 Å². The zero-order valence-corrected chi connectivity index (χ0v) is 29.1. The fourth-order valence-corrected chi connectivity index (χ4v) is 8.55. The van der Waals surface area contributed by atoms with E-state index in [4.69, 9.17) is 4.74 Å². The Kier molecular flexibility index (Phi) is 6.43. The first-order chi connectivity index (χ1) is 26.2. The minimum atomic E-state index is 0.850. The number of hydrogen-bond donors (Lipinski definition) is 0. The third-order valence-electron chi connectivity index (χ3n) is 10.9. The Morgan fingerprint density at radius 2 is 0.736 bits per heavy atom. The molecule has 53 heavy (non-hydrogen) atoms. The molecule has 4 heteroatoms. The highest BCUT2D eigenvalue weighted by Crippen LogP contribution is 2.40. The van der Waals surface area contributed by atoms with Crippen molar-refractivity contribution in [1.29, 1.82) is 0 Å². The molecular weight excluding hydrogens is 647 g/mol. The maximum atomic E-state index is 5.45. The topological polar surface area (TPSA) is 24.0 Å². The number of methoxy groups -OCH3 is 1. The number of nitrogens with zero attached hydrogens (tertiary/aromatic N) is 3. The zero-order valence-electron chi connectivity index (χ0n) is 29.1. The summed E-state index contributed by atoms with van der Waals surface area (Å²) < 4.78 is 12.6. The number of ether oxygens (including phenoxy) is 1. The van der Waals surface area contributed by atoms with E-state index in [1.807, 2.05) is 12.1 Å². The van der Waals surface area contributed by atoms with E-state index in [0.717, 1.165) is 22.8 Å². The van der Waals surface area contributed by atoms with Crippen LogP contribution < -0.4 is 4.74 Å². The van der Waals surface area contributed by atoms with Gasteiger partial charge in [0.25, 0.3) is 0 Å². The minimum Gasteiger partial charge on any atom is -0.497 e. The highest BCUT2D eigenvalue weighted by Gasteiger charge is 2.18. The zero-order chi connectivity index (χ0) is 35.0. The Labute approximate surface area is 305 Å². The van der Waals surface area contributed by atoms with Crippen molar-refractivity contribution < 1.29 is 4.74 Å². The van der Waals surface area contributed by atoms with E-state index in [-0.39, 0.29) is 0 Å². The first-order valence-electron chi connectivity index (χ1n) is 18.1. The predicted molar refractivity (Wildman–Crippen MR) is 221 cm³/mol. The maximum absolute atomic E-state index is 5.45. The molecule has 0 aliphatic heterocycles. The molecule has 0 saturated carbocycles. The number of benzene rings is 8. The third-order valence-corrected chi connectivity index (χ3v) is 10.9. The van der Waals surface area contributed by atoms with E-state index < -0.39 is 0 Å². The van der Waals surface area contributed by atoms with E-state index in [2.05, 4.69) is 184 Å². The van der Waals surface area contributed by atoms with Gasteiger partial charge in [-0.25, -0.2) is 0 Å². The van der Waals surface area contributed by atoms with Gasteiger partial charge >= 0.3 is 0 Å². The lowest BCUT2D eigenvalue weighted by Crippen LogP contribution is -1.96. The first-order valence-corrected chi connectivity index (χ1v) is 18.1. The van der Waals surface area contributed by atoms with Gasteiger partial charge in [0.15, 0.2) is 0 Å². The van der Waals surface area contributed by atoms with Crippen LogP contribution in [0.3, 0.4) is 0 Å². The summed E-state index contributed by atoms with van der Waals surface area (Å²) in [6.07, 6.45) is 0. The molecule has 0 N–H and O–H groups in total. The standard InChI is InChI=1S/C49H33N3O/c1-53-37-24-21-35(22-25-37)51-45-17-9-6-14-39(45)42-29-32(20-27-47(42)51)33-19-26-41-38-13-5-8-16-44(38)52(49(41)30-33)36-23-28-48-43(31-36)40-15-7-10-18-46(40)50(48)34-11-3-2-4-12-34/h2-31H,1H3. The number of rotatable bonds is 5. The maximum Gasteiger partial charge on any atom is 0.119 e. The van der Waals surface area contributed by atoms with Crippen LogP contribution in [0.1, 0.15) is 0 Å². The van der Waals surface area contributed by atoms with E-state index in [9.17, 15) is 0 Å². The normalized spacial score (nSPS) is 11.9. The van der Waals surface area contributed by atoms with Crippen molar-refractivity contribution in [2.45, 2.75) is 0 Å². The molecule has 0 unspecified atom stereocenters. The monoisotopic (exact) mass is 679 g/mol. The highest BCUT2D eigenvalue weighted by molar-refractivity contribution is 6.14. The lowest BCUT2D eigenvalue weighted by atomic mass is 10.0. The summed E-state index contributed by atoms with van der Waals surface area (Å²) in [5.41, 5.74) is 13.0. The van der Waals surface area contributed by atoms with Gasteiger partial charge in [0.1, 0.15) is 5.75 Å². The third kappa shape index (κ3) is 4.42. The van der Waals surface area contributed by atoms with E-state index >= 15 is 0 Å². The molecule has 3 heterocycles. The lowest BCUT2D eigenvalue weighted by molar-refractivity contribution is 0.415. The second-order valence-electron chi connectivity index (χ2n) is 13.8. The summed E-state index contributed by atoms with van der Waals surface area (Å²) in [6, 6.07) is 65.9. The molecule has 3 aromatic heterocycles. The summed E-state index contributed by atoms with van der Waals surface area (Å²) in [5.74, 6) is 0.850. The van der Waals surface area contributed by atoms with Crippen molar-refractivity contribution in [1.82, 2.24) is 13.7 Å². The van der Waals surface area contributed by atoms with Crippen LogP contribution >= 0.6 is 0 Å². The molecule has 250 valence electrons. The van der Waals surface area contributed by atoms with Gasteiger partial charge in [-0.1, -0.05) is 91.0 Å². The van der Waals surface area contributed by atoms with Crippen molar-refractivity contribution in [3.8, 4) is 33.9 Å². The van der Waals surface area contributed by atoms with Crippen molar-refractivity contribution >= 4 is 65.4 Å². The SMILES string of the molecule is COc1ccc(-n2c3ccccc3c3cc(-c4ccc5c6ccccc6n(-c6ccc7c(c6)c6ccccc6n7-c6ccccc6)c5c4)ccc32)cc1. The Morgan fingerprint density at radius 3 is 1.38 bits per heavy atom. The number of aromatic nitrogens is 3. The van der Waals surface area contributed by atoms with Crippen molar-refractivity contribution in [2.24, 2.45) is 0 Å². The van der Waals surface area contributed by atoms with E-state index in [1.54, 1.807) is 7.11 Å². The molecule has 0 bridgehead atoms. The first kappa shape index (κ1) is 29.7. The van der Waals surface area contributed by atoms with Crippen molar-refractivity contribution in [2.75, 3.05) is 7.11 Å².